The van der Waals surface area contributed by atoms with Crippen molar-refractivity contribution in [2.45, 2.75) is 6.92 Å². The van der Waals surface area contributed by atoms with Crippen LogP contribution in [0.1, 0.15) is 11.1 Å². The van der Waals surface area contributed by atoms with E-state index in [4.69, 9.17) is 5.11 Å². The molecule has 0 radical (unpaired) electrons. The summed E-state index contributed by atoms with van der Waals surface area (Å²) >= 11 is 2.21. The molecule has 1 N–H and O–H groups in total. The van der Waals surface area contributed by atoms with Crippen LogP contribution in [0.5, 0.6) is 0 Å². The number of carboxylic acid groups (broad SMARTS) is 1. The van der Waals surface area contributed by atoms with Gasteiger partial charge in [-0.05, 0) is 58.9 Å². The van der Waals surface area contributed by atoms with Gasteiger partial charge in [0, 0.05) is 9.65 Å². The number of carbonyl (C=O) groups is 1. The summed E-state index contributed by atoms with van der Waals surface area (Å²) in [5.41, 5.74) is 2.06. The Kier molecular flexibility index (Phi) is 3.48. The van der Waals surface area contributed by atoms with Crippen molar-refractivity contribution in [3.05, 3.63) is 39.0 Å². The molecule has 0 heterocycles. The van der Waals surface area contributed by atoms with Crippen LogP contribution in [-0.4, -0.2) is 11.1 Å². The molecule has 0 aliphatic heterocycles. The zero-order chi connectivity index (χ0) is 9.84. The summed E-state index contributed by atoms with van der Waals surface area (Å²) < 4.78 is 1.11. The van der Waals surface area contributed by atoms with Gasteiger partial charge in [0.25, 0.3) is 0 Å². The number of hydrogen-bond acceptors (Lipinski definition) is 1. The highest BCUT2D eigenvalue weighted by Crippen LogP contribution is 2.12. The summed E-state index contributed by atoms with van der Waals surface area (Å²) in [5.74, 6) is -0.920. The van der Waals surface area contributed by atoms with Crippen molar-refractivity contribution in [1.29, 1.82) is 0 Å². The zero-order valence-corrected chi connectivity index (χ0v) is 9.28. The molecular weight excluding hydrogens is 279 g/mol. The molecule has 1 aromatic rings. The van der Waals surface area contributed by atoms with Gasteiger partial charge in [0.2, 0.25) is 0 Å². The SMILES string of the molecule is Cc1cc(I)cc(/C=C/C(=O)O)c1. The molecule has 0 atom stereocenters. The van der Waals surface area contributed by atoms with Gasteiger partial charge in [-0.2, -0.15) is 0 Å². The molecule has 0 spiro atoms. The fourth-order valence-corrected chi connectivity index (χ4v) is 1.88. The molecule has 0 aliphatic rings. The predicted octanol–water partition coefficient (Wildman–Crippen LogP) is 2.70. The smallest absolute Gasteiger partial charge is 0.328 e. The Morgan fingerprint density at radius 3 is 2.69 bits per heavy atom. The van der Waals surface area contributed by atoms with Crippen LogP contribution in [0.2, 0.25) is 0 Å². The Hall–Kier alpha value is -0.840. The number of carboxylic acids is 1. The molecule has 0 saturated carbocycles. The van der Waals surface area contributed by atoms with E-state index in [1.807, 2.05) is 25.1 Å². The number of benzene rings is 1. The third-order valence-electron chi connectivity index (χ3n) is 1.48. The maximum absolute atomic E-state index is 10.3. The molecule has 2 nitrogen and oxygen atoms in total. The van der Waals surface area contributed by atoms with Crippen molar-refractivity contribution in [2.75, 3.05) is 0 Å². The molecule has 13 heavy (non-hydrogen) atoms. The van der Waals surface area contributed by atoms with Crippen LogP contribution >= 0.6 is 22.6 Å². The molecule has 0 fully saturated rings. The van der Waals surface area contributed by atoms with Crippen molar-refractivity contribution >= 4 is 34.6 Å². The van der Waals surface area contributed by atoms with Crippen LogP contribution in [0.15, 0.2) is 24.3 Å². The second kappa shape index (κ2) is 4.41. The lowest BCUT2D eigenvalue weighted by molar-refractivity contribution is -0.131. The summed E-state index contributed by atoms with van der Waals surface area (Å²) in [7, 11) is 0. The first kappa shape index (κ1) is 10.2. The third kappa shape index (κ3) is 3.59. The minimum Gasteiger partial charge on any atom is -0.478 e. The Bertz CT molecular complexity index is 336. The topological polar surface area (TPSA) is 37.3 Å². The predicted molar refractivity (Wildman–Crippen MR) is 60.6 cm³/mol. The van der Waals surface area contributed by atoms with Crippen molar-refractivity contribution in [1.82, 2.24) is 0 Å². The number of rotatable bonds is 2. The molecule has 3 heteroatoms. The van der Waals surface area contributed by atoms with Gasteiger partial charge < -0.3 is 5.11 Å². The summed E-state index contributed by atoms with van der Waals surface area (Å²) in [6, 6.07) is 5.92. The van der Waals surface area contributed by atoms with Gasteiger partial charge in [0.15, 0.2) is 0 Å². The van der Waals surface area contributed by atoms with E-state index in [1.54, 1.807) is 6.08 Å². The molecule has 0 amide bonds. The van der Waals surface area contributed by atoms with Crippen LogP contribution in [0.25, 0.3) is 6.08 Å². The summed E-state index contributed by atoms with van der Waals surface area (Å²) in [6.45, 7) is 1.99. The van der Waals surface area contributed by atoms with Crippen molar-refractivity contribution in [3.63, 3.8) is 0 Å². The molecule has 0 saturated heterocycles. The van der Waals surface area contributed by atoms with E-state index < -0.39 is 5.97 Å². The van der Waals surface area contributed by atoms with Crippen LogP contribution < -0.4 is 0 Å². The Balaban J connectivity index is 2.95. The monoisotopic (exact) mass is 288 g/mol. The lowest BCUT2D eigenvalue weighted by Crippen LogP contribution is -1.86. The Morgan fingerprint density at radius 1 is 1.46 bits per heavy atom. The molecule has 0 bridgehead atoms. The van der Waals surface area contributed by atoms with E-state index in [0.717, 1.165) is 20.8 Å². The van der Waals surface area contributed by atoms with Crippen molar-refractivity contribution in [2.24, 2.45) is 0 Å². The lowest BCUT2D eigenvalue weighted by atomic mass is 10.1. The normalized spacial score (nSPS) is 10.6. The van der Waals surface area contributed by atoms with Crippen LogP contribution in [0.3, 0.4) is 0 Å². The maximum Gasteiger partial charge on any atom is 0.328 e. The van der Waals surface area contributed by atoms with E-state index in [2.05, 4.69) is 22.6 Å². The van der Waals surface area contributed by atoms with Gasteiger partial charge in [-0.1, -0.05) is 6.07 Å². The van der Waals surface area contributed by atoms with E-state index in [-0.39, 0.29) is 0 Å². The first-order chi connectivity index (χ1) is 6.08. The Labute approximate surface area is 90.4 Å². The van der Waals surface area contributed by atoms with Crippen LogP contribution in [0.4, 0.5) is 0 Å². The van der Waals surface area contributed by atoms with E-state index in [9.17, 15) is 4.79 Å². The minimum atomic E-state index is -0.920. The second-order valence-electron chi connectivity index (χ2n) is 2.73. The number of aryl methyl sites for hydroxylation is 1. The molecule has 1 rings (SSSR count). The summed E-state index contributed by atoms with van der Waals surface area (Å²) in [6.07, 6.45) is 2.74. The molecular formula is C10H9IO2. The molecule has 1 aromatic carbocycles. The van der Waals surface area contributed by atoms with Gasteiger partial charge in [-0.25, -0.2) is 4.79 Å². The average molecular weight is 288 g/mol. The molecule has 68 valence electrons. The fourth-order valence-electron chi connectivity index (χ4n) is 1.03. The summed E-state index contributed by atoms with van der Waals surface area (Å²) in [5, 5.41) is 8.42. The standard InChI is InChI=1S/C10H9IO2/c1-7-4-8(2-3-10(12)13)6-9(11)5-7/h2-6H,1H3,(H,12,13)/b3-2+. The average Bonchev–Trinajstić information content (AvgIpc) is 1.99. The van der Waals surface area contributed by atoms with Gasteiger partial charge in [0.05, 0.1) is 0 Å². The first-order valence-electron chi connectivity index (χ1n) is 3.76. The zero-order valence-electron chi connectivity index (χ0n) is 7.12. The minimum absolute atomic E-state index is 0.920. The van der Waals surface area contributed by atoms with Crippen LogP contribution in [0, 0.1) is 10.5 Å². The van der Waals surface area contributed by atoms with Gasteiger partial charge in [0.1, 0.15) is 0 Å². The number of halogens is 1. The number of aliphatic carboxylic acids is 1. The first-order valence-corrected chi connectivity index (χ1v) is 4.84. The van der Waals surface area contributed by atoms with Crippen molar-refractivity contribution < 1.29 is 9.90 Å². The highest BCUT2D eigenvalue weighted by atomic mass is 127. The van der Waals surface area contributed by atoms with E-state index in [0.29, 0.717) is 0 Å². The maximum atomic E-state index is 10.3. The fraction of sp³-hybridized carbons (Fsp3) is 0.100. The van der Waals surface area contributed by atoms with Gasteiger partial charge >= 0.3 is 5.97 Å². The molecule has 0 unspecified atom stereocenters. The highest BCUT2D eigenvalue weighted by Gasteiger charge is 1.93. The second-order valence-corrected chi connectivity index (χ2v) is 3.98. The van der Waals surface area contributed by atoms with Gasteiger partial charge in [-0.3, -0.25) is 0 Å². The highest BCUT2D eigenvalue weighted by molar-refractivity contribution is 14.1. The quantitative estimate of drug-likeness (QED) is 0.671. The third-order valence-corrected chi connectivity index (χ3v) is 2.11. The van der Waals surface area contributed by atoms with Gasteiger partial charge in [-0.15, -0.1) is 0 Å². The Morgan fingerprint density at radius 2 is 2.15 bits per heavy atom. The lowest BCUT2D eigenvalue weighted by Gasteiger charge is -1.97. The van der Waals surface area contributed by atoms with E-state index in [1.165, 1.54) is 0 Å². The summed E-state index contributed by atoms with van der Waals surface area (Å²) in [4.78, 5) is 10.3. The molecule has 0 aliphatic carbocycles. The van der Waals surface area contributed by atoms with Crippen molar-refractivity contribution in [3.8, 4) is 0 Å². The van der Waals surface area contributed by atoms with E-state index >= 15 is 0 Å². The number of hydrogen-bond donors (Lipinski definition) is 1. The largest absolute Gasteiger partial charge is 0.478 e. The molecule has 0 aromatic heterocycles. The van der Waals surface area contributed by atoms with Crippen LogP contribution in [-0.2, 0) is 4.79 Å².